The molecule has 3 nitrogen and oxygen atoms in total. The Morgan fingerprint density at radius 3 is 2.21 bits per heavy atom. The molecule has 28 heavy (non-hydrogen) atoms. The number of carbonyl (C=O) groups excluding carboxylic acids is 2. The summed E-state index contributed by atoms with van der Waals surface area (Å²) in [5, 5.41) is 10.2. The van der Waals surface area contributed by atoms with E-state index in [0.29, 0.717) is 23.8 Å². The van der Waals surface area contributed by atoms with Crippen molar-refractivity contribution in [3.05, 3.63) is 22.8 Å². The van der Waals surface area contributed by atoms with Gasteiger partial charge in [-0.05, 0) is 62.9 Å². The minimum atomic E-state index is -0.271. The maximum atomic E-state index is 12.8. The Labute approximate surface area is 170 Å². The zero-order valence-electron chi connectivity index (χ0n) is 17.7. The van der Waals surface area contributed by atoms with E-state index in [1.54, 1.807) is 6.08 Å². The lowest BCUT2D eigenvalue weighted by Crippen LogP contribution is -2.23. The van der Waals surface area contributed by atoms with Crippen LogP contribution in [-0.4, -0.2) is 22.8 Å². The molecule has 3 rings (SSSR count). The minimum absolute atomic E-state index is 0.0938. The molecule has 0 heterocycles. The van der Waals surface area contributed by atoms with Crippen LogP contribution in [0.1, 0.15) is 103 Å². The van der Waals surface area contributed by atoms with Crippen LogP contribution in [0.25, 0.3) is 0 Å². The van der Waals surface area contributed by atoms with Crippen LogP contribution in [0.5, 0.6) is 0 Å². The van der Waals surface area contributed by atoms with E-state index in [2.05, 4.69) is 6.92 Å². The van der Waals surface area contributed by atoms with Crippen LogP contribution >= 0.6 is 0 Å². The molecular weight excluding hydrogens is 348 g/mol. The molecular formula is C25H38O3. The van der Waals surface area contributed by atoms with Gasteiger partial charge in [0.05, 0.1) is 6.10 Å². The largest absolute Gasteiger partial charge is 0.393 e. The maximum Gasteiger partial charge on any atom is 0.185 e. The fourth-order valence-electron chi connectivity index (χ4n) is 5.43. The van der Waals surface area contributed by atoms with Gasteiger partial charge in [-0.2, -0.15) is 0 Å². The lowest BCUT2D eigenvalue weighted by molar-refractivity contribution is -0.116. The summed E-state index contributed by atoms with van der Waals surface area (Å²) in [6.07, 6.45) is 17.8. The molecule has 2 bridgehead atoms. The van der Waals surface area contributed by atoms with Crippen LogP contribution in [0.15, 0.2) is 22.8 Å². The van der Waals surface area contributed by atoms with E-state index in [0.717, 1.165) is 56.1 Å². The van der Waals surface area contributed by atoms with E-state index >= 15 is 0 Å². The number of fused-ring (bicyclic) bond motifs is 4. The van der Waals surface area contributed by atoms with Crippen molar-refractivity contribution in [2.45, 2.75) is 109 Å². The van der Waals surface area contributed by atoms with Crippen LogP contribution in [0.2, 0.25) is 0 Å². The Hall–Kier alpha value is -1.22. The number of allylic oxidation sites excluding steroid dienone is 4. The standard InChI is InChI=1S/C25H38O3/c1-2-3-4-5-6-7-8-9-12-21(26)13-10-11-20-17-22(27)23-18-14-15-19(16-18)24(23)25(20)28/h17-19,21,26H,2-16H2,1H3. The smallest absolute Gasteiger partial charge is 0.185 e. The molecule has 0 amide bonds. The second kappa shape index (κ2) is 10.5. The topological polar surface area (TPSA) is 54.4 Å². The van der Waals surface area contributed by atoms with E-state index < -0.39 is 0 Å². The molecule has 0 saturated heterocycles. The van der Waals surface area contributed by atoms with E-state index in [-0.39, 0.29) is 17.7 Å². The molecule has 3 aliphatic carbocycles. The number of hydrogen-bond donors (Lipinski definition) is 1. The van der Waals surface area contributed by atoms with Crippen molar-refractivity contribution in [1.82, 2.24) is 0 Å². The molecule has 0 radical (unpaired) electrons. The van der Waals surface area contributed by atoms with Gasteiger partial charge in [-0.25, -0.2) is 0 Å². The van der Waals surface area contributed by atoms with Gasteiger partial charge < -0.3 is 5.11 Å². The third-order valence-corrected chi connectivity index (χ3v) is 7.02. The van der Waals surface area contributed by atoms with Gasteiger partial charge in [0.1, 0.15) is 0 Å². The molecule has 1 N–H and O–H groups in total. The Morgan fingerprint density at radius 1 is 0.893 bits per heavy atom. The predicted octanol–water partition coefficient (Wildman–Crippen LogP) is 5.85. The molecule has 156 valence electrons. The second-order valence-electron chi connectivity index (χ2n) is 9.21. The first-order valence-electron chi connectivity index (χ1n) is 11.8. The normalized spacial score (nSPS) is 24.7. The molecule has 0 aromatic rings. The molecule has 1 saturated carbocycles. The van der Waals surface area contributed by atoms with E-state index in [1.165, 1.54) is 44.9 Å². The van der Waals surface area contributed by atoms with E-state index in [9.17, 15) is 14.7 Å². The highest BCUT2D eigenvalue weighted by atomic mass is 16.3. The highest BCUT2D eigenvalue weighted by Gasteiger charge is 2.46. The number of hydrogen-bond acceptors (Lipinski definition) is 3. The lowest BCUT2D eigenvalue weighted by Gasteiger charge is -2.22. The van der Waals surface area contributed by atoms with Gasteiger partial charge in [-0.15, -0.1) is 0 Å². The van der Waals surface area contributed by atoms with Crippen molar-refractivity contribution in [2.24, 2.45) is 11.8 Å². The average Bonchev–Trinajstić information content (AvgIpc) is 3.30. The van der Waals surface area contributed by atoms with Gasteiger partial charge in [0.25, 0.3) is 0 Å². The van der Waals surface area contributed by atoms with Crippen molar-refractivity contribution < 1.29 is 14.7 Å². The molecule has 3 heteroatoms. The van der Waals surface area contributed by atoms with Gasteiger partial charge in [0.15, 0.2) is 11.6 Å². The summed E-state index contributed by atoms with van der Waals surface area (Å²) in [5.74, 6) is 0.922. The average molecular weight is 387 g/mol. The van der Waals surface area contributed by atoms with Gasteiger partial charge in [-0.1, -0.05) is 58.3 Å². The zero-order chi connectivity index (χ0) is 19.9. The van der Waals surface area contributed by atoms with Crippen LogP contribution in [0, 0.1) is 11.8 Å². The Morgan fingerprint density at radius 2 is 1.50 bits per heavy atom. The predicted molar refractivity (Wildman–Crippen MR) is 113 cm³/mol. The summed E-state index contributed by atoms with van der Waals surface area (Å²) in [4.78, 5) is 25.3. The highest BCUT2D eigenvalue weighted by Crippen LogP contribution is 2.51. The fraction of sp³-hybridized carbons (Fsp3) is 0.760. The van der Waals surface area contributed by atoms with E-state index in [1.807, 2.05) is 0 Å². The third kappa shape index (κ3) is 5.23. The minimum Gasteiger partial charge on any atom is -0.393 e. The molecule has 0 spiro atoms. The number of aliphatic hydroxyl groups excluding tert-OH is 1. The molecule has 0 aromatic carbocycles. The Balaban J connectivity index is 1.30. The summed E-state index contributed by atoms with van der Waals surface area (Å²) < 4.78 is 0. The Kier molecular flexibility index (Phi) is 8.08. The number of Topliss-reactive ketones (excluding diaryl/α,β-unsaturated/α-hetero) is 1. The van der Waals surface area contributed by atoms with Crippen LogP contribution in [0.4, 0.5) is 0 Å². The van der Waals surface area contributed by atoms with Crippen molar-refractivity contribution in [2.75, 3.05) is 0 Å². The third-order valence-electron chi connectivity index (χ3n) is 7.02. The van der Waals surface area contributed by atoms with Crippen molar-refractivity contribution >= 4 is 11.6 Å². The van der Waals surface area contributed by atoms with Crippen LogP contribution in [0.3, 0.4) is 0 Å². The highest BCUT2D eigenvalue weighted by molar-refractivity contribution is 6.23. The van der Waals surface area contributed by atoms with Crippen molar-refractivity contribution in [3.8, 4) is 0 Å². The molecule has 3 atom stereocenters. The van der Waals surface area contributed by atoms with Gasteiger partial charge >= 0.3 is 0 Å². The van der Waals surface area contributed by atoms with Crippen molar-refractivity contribution in [1.29, 1.82) is 0 Å². The number of rotatable bonds is 13. The summed E-state index contributed by atoms with van der Waals surface area (Å²) in [5.41, 5.74) is 2.40. The van der Waals surface area contributed by atoms with E-state index in [4.69, 9.17) is 0 Å². The number of aliphatic hydroxyl groups is 1. The van der Waals surface area contributed by atoms with Gasteiger partial charge in [0, 0.05) is 16.7 Å². The number of unbranched alkanes of at least 4 members (excludes halogenated alkanes) is 7. The number of carbonyl (C=O) groups is 2. The SMILES string of the molecule is CCCCCCCCCCC(O)CCCC1=CC(=O)C2=C(C1=O)C1CCC2C1. The fourth-order valence-corrected chi connectivity index (χ4v) is 5.43. The number of ketones is 2. The molecule has 1 fully saturated rings. The molecule has 3 unspecified atom stereocenters. The summed E-state index contributed by atoms with van der Waals surface area (Å²) in [7, 11) is 0. The maximum absolute atomic E-state index is 12.8. The quantitative estimate of drug-likeness (QED) is 0.319. The monoisotopic (exact) mass is 386 g/mol. The molecule has 3 aliphatic rings. The van der Waals surface area contributed by atoms with Crippen molar-refractivity contribution in [3.63, 3.8) is 0 Å². The lowest BCUT2D eigenvalue weighted by atomic mass is 9.80. The summed E-state index contributed by atoms with van der Waals surface area (Å²) in [6, 6.07) is 0. The van der Waals surface area contributed by atoms with Gasteiger partial charge in [0.2, 0.25) is 0 Å². The second-order valence-corrected chi connectivity index (χ2v) is 9.21. The first-order valence-corrected chi connectivity index (χ1v) is 11.8. The first-order chi connectivity index (χ1) is 13.6. The van der Waals surface area contributed by atoms with Crippen LogP contribution in [-0.2, 0) is 9.59 Å². The summed E-state index contributed by atoms with van der Waals surface area (Å²) >= 11 is 0. The Bertz CT molecular complexity index is 628. The molecule has 0 aliphatic heterocycles. The molecule has 0 aromatic heterocycles. The summed E-state index contributed by atoms with van der Waals surface area (Å²) in [6.45, 7) is 2.24. The first kappa shape index (κ1) is 21.5. The van der Waals surface area contributed by atoms with Gasteiger partial charge in [-0.3, -0.25) is 9.59 Å². The van der Waals surface area contributed by atoms with Crippen LogP contribution < -0.4 is 0 Å². The zero-order valence-corrected chi connectivity index (χ0v) is 17.7.